The van der Waals surface area contributed by atoms with Gasteiger partial charge in [0.2, 0.25) is 0 Å². The minimum Gasteiger partial charge on any atom is -0.442 e. The summed E-state index contributed by atoms with van der Waals surface area (Å²) in [7, 11) is 0. The quantitative estimate of drug-likeness (QED) is 0.484. The topological polar surface area (TPSA) is 75.7 Å². The molecule has 1 aliphatic rings. The van der Waals surface area contributed by atoms with Crippen LogP contribution in [-0.2, 0) is 14.3 Å². The SMILES string of the molecule is CC(C)(C)OC(=O)N(NC=CC=O)C1CCCCC1=O. The molecular formula is C14H22N2O4. The van der Waals surface area contributed by atoms with Crippen molar-refractivity contribution >= 4 is 18.2 Å². The van der Waals surface area contributed by atoms with Crippen molar-refractivity contribution in [1.82, 2.24) is 10.4 Å². The van der Waals surface area contributed by atoms with Gasteiger partial charge in [-0.25, -0.2) is 9.80 Å². The second kappa shape index (κ2) is 7.07. The van der Waals surface area contributed by atoms with Crippen LogP contribution in [0, 0.1) is 0 Å². The first-order chi connectivity index (χ1) is 9.35. The van der Waals surface area contributed by atoms with E-state index in [-0.39, 0.29) is 5.78 Å². The number of nitrogens with one attached hydrogen (secondary N) is 1. The van der Waals surface area contributed by atoms with Gasteiger partial charge in [0, 0.05) is 12.6 Å². The standard InChI is InChI=1S/C14H22N2O4/c1-14(2,3)20-13(19)16(15-9-6-10-17)11-7-4-5-8-12(11)18/h6,9-11,15H,4-5,7-8H2,1-3H3. The lowest BCUT2D eigenvalue weighted by atomic mass is 9.94. The van der Waals surface area contributed by atoms with Gasteiger partial charge >= 0.3 is 6.09 Å². The van der Waals surface area contributed by atoms with E-state index >= 15 is 0 Å². The van der Waals surface area contributed by atoms with Crippen molar-refractivity contribution in [2.75, 3.05) is 0 Å². The van der Waals surface area contributed by atoms with Crippen molar-refractivity contribution in [3.8, 4) is 0 Å². The summed E-state index contributed by atoms with van der Waals surface area (Å²) >= 11 is 0. The molecule has 1 N–H and O–H groups in total. The summed E-state index contributed by atoms with van der Waals surface area (Å²) in [5.41, 5.74) is 2.02. The van der Waals surface area contributed by atoms with Gasteiger partial charge in [0.25, 0.3) is 0 Å². The third-order valence-electron chi connectivity index (χ3n) is 2.81. The molecule has 0 aliphatic heterocycles. The average Bonchev–Trinajstić information content (AvgIpc) is 2.34. The fourth-order valence-corrected chi connectivity index (χ4v) is 1.98. The van der Waals surface area contributed by atoms with Crippen molar-refractivity contribution in [3.63, 3.8) is 0 Å². The zero-order chi connectivity index (χ0) is 15.2. The molecule has 1 unspecified atom stereocenters. The summed E-state index contributed by atoms with van der Waals surface area (Å²) in [4.78, 5) is 34.4. The Hall–Kier alpha value is -1.85. The van der Waals surface area contributed by atoms with Crippen molar-refractivity contribution in [3.05, 3.63) is 12.3 Å². The Morgan fingerprint density at radius 3 is 2.65 bits per heavy atom. The van der Waals surface area contributed by atoms with Crippen LogP contribution < -0.4 is 5.43 Å². The molecule has 112 valence electrons. The molecule has 1 saturated carbocycles. The molecule has 6 nitrogen and oxygen atoms in total. The van der Waals surface area contributed by atoms with Crippen LogP contribution in [0.3, 0.4) is 0 Å². The molecule has 0 bridgehead atoms. The van der Waals surface area contributed by atoms with E-state index in [2.05, 4.69) is 5.43 Å². The van der Waals surface area contributed by atoms with Gasteiger partial charge < -0.3 is 4.74 Å². The summed E-state index contributed by atoms with van der Waals surface area (Å²) in [6.07, 6.45) is 5.29. The molecule has 1 amide bonds. The zero-order valence-corrected chi connectivity index (χ0v) is 12.2. The van der Waals surface area contributed by atoms with Crippen LogP contribution in [0.25, 0.3) is 0 Å². The fraction of sp³-hybridized carbons (Fsp3) is 0.643. The number of carbonyl (C=O) groups is 3. The molecule has 0 saturated heterocycles. The minimum atomic E-state index is -0.650. The number of aldehydes is 1. The van der Waals surface area contributed by atoms with Gasteiger partial charge in [-0.3, -0.25) is 15.0 Å². The van der Waals surface area contributed by atoms with Crippen LogP contribution in [0.15, 0.2) is 12.3 Å². The third kappa shape index (κ3) is 5.03. The van der Waals surface area contributed by atoms with Gasteiger partial charge in [-0.2, -0.15) is 0 Å². The number of ether oxygens (including phenoxy) is 1. The van der Waals surface area contributed by atoms with Crippen LogP contribution in [-0.4, -0.2) is 34.8 Å². The number of carbonyl (C=O) groups excluding carboxylic acids is 3. The molecule has 0 aromatic rings. The van der Waals surface area contributed by atoms with E-state index in [0.29, 0.717) is 19.1 Å². The summed E-state index contributed by atoms with van der Waals surface area (Å²) in [5, 5.41) is 1.17. The van der Waals surface area contributed by atoms with Crippen molar-refractivity contribution < 1.29 is 19.1 Å². The van der Waals surface area contributed by atoms with E-state index in [1.165, 1.54) is 17.3 Å². The van der Waals surface area contributed by atoms with E-state index in [4.69, 9.17) is 4.74 Å². The van der Waals surface area contributed by atoms with Gasteiger partial charge in [0.05, 0.1) is 0 Å². The van der Waals surface area contributed by atoms with Crippen LogP contribution in [0.1, 0.15) is 46.5 Å². The van der Waals surface area contributed by atoms with Gasteiger partial charge in [0.15, 0.2) is 5.78 Å². The van der Waals surface area contributed by atoms with E-state index in [1.54, 1.807) is 20.8 Å². The Labute approximate surface area is 119 Å². The first-order valence-corrected chi connectivity index (χ1v) is 6.76. The lowest BCUT2D eigenvalue weighted by Crippen LogP contribution is -2.53. The number of hydrazine groups is 1. The molecule has 20 heavy (non-hydrogen) atoms. The minimum absolute atomic E-state index is 0.00844. The highest BCUT2D eigenvalue weighted by Gasteiger charge is 2.34. The molecule has 0 radical (unpaired) electrons. The molecule has 1 atom stereocenters. The Morgan fingerprint density at radius 1 is 1.40 bits per heavy atom. The number of ketones is 1. The molecule has 0 heterocycles. The number of allylic oxidation sites excluding steroid dienone is 1. The lowest BCUT2D eigenvalue weighted by molar-refractivity contribution is -0.127. The predicted octanol–water partition coefficient (Wildman–Crippen LogP) is 1.95. The highest BCUT2D eigenvalue weighted by Crippen LogP contribution is 2.20. The molecular weight excluding hydrogens is 260 g/mol. The number of hydrogen-bond donors (Lipinski definition) is 1. The fourth-order valence-electron chi connectivity index (χ4n) is 1.98. The van der Waals surface area contributed by atoms with Gasteiger partial charge in [-0.05, 0) is 39.7 Å². The Morgan fingerprint density at radius 2 is 2.10 bits per heavy atom. The maximum Gasteiger partial charge on any atom is 0.429 e. The third-order valence-corrected chi connectivity index (χ3v) is 2.81. The second-order valence-corrected chi connectivity index (χ2v) is 5.70. The number of Topliss-reactive ketones (excluding diaryl/α,β-unsaturated/α-hetero) is 1. The van der Waals surface area contributed by atoms with E-state index in [1.807, 2.05) is 0 Å². The molecule has 1 rings (SSSR count). The highest BCUT2D eigenvalue weighted by molar-refractivity contribution is 5.87. The summed E-state index contributed by atoms with van der Waals surface area (Å²) in [6, 6.07) is -0.546. The molecule has 1 aliphatic carbocycles. The number of rotatable bonds is 4. The van der Waals surface area contributed by atoms with Crippen molar-refractivity contribution in [2.24, 2.45) is 0 Å². The van der Waals surface area contributed by atoms with Crippen molar-refractivity contribution in [1.29, 1.82) is 0 Å². The first-order valence-electron chi connectivity index (χ1n) is 6.76. The normalized spacial score (nSPS) is 19.8. The van der Waals surface area contributed by atoms with Crippen LogP contribution in [0.4, 0.5) is 4.79 Å². The maximum absolute atomic E-state index is 12.2. The Bertz CT molecular complexity index is 398. The van der Waals surface area contributed by atoms with Gasteiger partial charge in [-0.15, -0.1) is 0 Å². The van der Waals surface area contributed by atoms with Crippen LogP contribution >= 0.6 is 0 Å². The smallest absolute Gasteiger partial charge is 0.429 e. The number of nitrogens with zero attached hydrogens (tertiary/aromatic N) is 1. The van der Waals surface area contributed by atoms with E-state index < -0.39 is 17.7 Å². The zero-order valence-electron chi connectivity index (χ0n) is 12.2. The van der Waals surface area contributed by atoms with Gasteiger partial charge in [0.1, 0.15) is 17.9 Å². The van der Waals surface area contributed by atoms with E-state index in [0.717, 1.165) is 12.8 Å². The second-order valence-electron chi connectivity index (χ2n) is 5.70. The molecule has 6 heteroatoms. The molecule has 0 spiro atoms. The van der Waals surface area contributed by atoms with Crippen LogP contribution in [0.2, 0.25) is 0 Å². The summed E-state index contributed by atoms with van der Waals surface area (Å²) in [5.74, 6) is 0.00844. The molecule has 0 aromatic carbocycles. The summed E-state index contributed by atoms with van der Waals surface area (Å²) in [6.45, 7) is 5.27. The van der Waals surface area contributed by atoms with Crippen molar-refractivity contribution in [2.45, 2.75) is 58.1 Å². The molecule has 0 aromatic heterocycles. The average molecular weight is 282 g/mol. The highest BCUT2D eigenvalue weighted by atomic mass is 16.6. The number of amides is 1. The monoisotopic (exact) mass is 282 g/mol. The maximum atomic E-state index is 12.2. The first kappa shape index (κ1) is 16.2. The Balaban J connectivity index is 2.83. The van der Waals surface area contributed by atoms with Gasteiger partial charge in [-0.1, -0.05) is 6.42 Å². The van der Waals surface area contributed by atoms with Crippen LogP contribution in [0.5, 0.6) is 0 Å². The Kier molecular flexibility index (Phi) is 5.73. The number of hydrogen-bond acceptors (Lipinski definition) is 5. The predicted molar refractivity (Wildman–Crippen MR) is 73.7 cm³/mol. The molecule has 1 fully saturated rings. The largest absolute Gasteiger partial charge is 0.442 e. The van der Waals surface area contributed by atoms with E-state index in [9.17, 15) is 14.4 Å². The summed E-state index contributed by atoms with van der Waals surface area (Å²) < 4.78 is 5.28. The lowest BCUT2D eigenvalue weighted by Gasteiger charge is -2.34.